The molecule has 168 valence electrons. The Morgan fingerprint density at radius 3 is 2.65 bits per heavy atom. The van der Waals surface area contributed by atoms with Gasteiger partial charge in [-0.15, -0.1) is 0 Å². The van der Waals surface area contributed by atoms with Gasteiger partial charge in [0.25, 0.3) is 0 Å². The van der Waals surface area contributed by atoms with E-state index < -0.39 is 10.0 Å². The number of aliphatic imine (C=N–C) groups is 1. The van der Waals surface area contributed by atoms with Gasteiger partial charge in [-0.3, -0.25) is 4.99 Å². The monoisotopic (exact) mass is 462 g/mol. The number of halogens is 1. The van der Waals surface area contributed by atoms with Crippen LogP contribution < -0.4 is 9.46 Å². The predicted molar refractivity (Wildman–Crippen MR) is 128 cm³/mol. The molecule has 3 rings (SSSR count). The lowest BCUT2D eigenvalue weighted by Gasteiger charge is -2.29. The Morgan fingerprint density at radius 1 is 1.19 bits per heavy atom. The van der Waals surface area contributed by atoms with E-state index in [1.807, 2.05) is 37.3 Å². The number of nitrogens with one attached hydrogen (secondary N) is 1. The zero-order valence-electron chi connectivity index (χ0n) is 18.2. The van der Waals surface area contributed by atoms with E-state index in [0.29, 0.717) is 18.9 Å². The predicted octanol–water partition coefficient (Wildman–Crippen LogP) is 4.92. The molecule has 31 heavy (non-hydrogen) atoms. The van der Waals surface area contributed by atoms with Gasteiger partial charge in [-0.2, -0.15) is 0 Å². The highest BCUT2D eigenvalue weighted by Crippen LogP contribution is 2.34. The third-order valence-electron chi connectivity index (χ3n) is 5.55. The van der Waals surface area contributed by atoms with Crippen LogP contribution in [0.5, 0.6) is 5.75 Å². The van der Waals surface area contributed by atoms with Crippen molar-refractivity contribution in [2.45, 2.75) is 45.4 Å². The summed E-state index contributed by atoms with van der Waals surface area (Å²) in [7, 11) is -3.20. The molecular formula is C24H31ClN2O3S. The van der Waals surface area contributed by atoms with Gasteiger partial charge in [0.1, 0.15) is 12.4 Å². The van der Waals surface area contributed by atoms with Crippen molar-refractivity contribution in [2.75, 3.05) is 25.4 Å². The summed E-state index contributed by atoms with van der Waals surface area (Å²) in [6, 6.07) is 14.1. The SMILES string of the molecule is CCCS(=O)(=O)NCCOc1ccc(C)c(CC/N=C2\CCC2c2ccc(Cl)cc2)c1. The molecule has 2 aromatic carbocycles. The second kappa shape index (κ2) is 11.1. The molecular weight excluding hydrogens is 432 g/mol. The average molecular weight is 463 g/mol. The lowest BCUT2D eigenvalue weighted by molar-refractivity contribution is 0.322. The normalized spacial score (nSPS) is 17.5. The van der Waals surface area contributed by atoms with Gasteiger partial charge in [0, 0.05) is 29.7 Å². The molecule has 0 heterocycles. The summed E-state index contributed by atoms with van der Waals surface area (Å²) in [5.41, 5.74) is 4.97. The third kappa shape index (κ3) is 7.06. The van der Waals surface area contributed by atoms with Crippen molar-refractivity contribution in [1.82, 2.24) is 4.72 Å². The maximum atomic E-state index is 11.7. The molecule has 1 aliphatic rings. The van der Waals surface area contributed by atoms with Crippen LogP contribution >= 0.6 is 11.6 Å². The Morgan fingerprint density at radius 2 is 1.97 bits per heavy atom. The minimum atomic E-state index is -3.20. The second-order valence-corrected chi connectivity index (χ2v) is 10.3. The molecule has 1 unspecified atom stereocenters. The number of hydrogen-bond acceptors (Lipinski definition) is 4. The molecule has 0 bridgehead atoms. The Labute approximate surface area is 190 Å². The number of ether oxygens (including phenoxy) is 1. The molecule has 7 heteroatoms. The van der Waals surface area contributed by atoms with Crippen LogP contribution in [0, 0.1) is 6.92 Å². The van der Waals surface area contributed by atoms with Crippen LogP contribution in [0.25, 0.3) is 0 Å². The fourth-order valence-electron chi connectivity index (χ4n) is 3.70. The van der Waals surface area contributed by atoms with E-state index in [9.17, 15) is 8.42 Å². The number of nitrogens with zero attached hydrogens (tertiary/aromatic N) is 1. The van der Waals surface area contributed by atoms with Crippen molar-refractivity contribution >= 4 is 27.3 Å². The summed E-state index contributed by atoms with van der Waals surface area (Å²) in [4.78, 5) is 4.86. The molecule has 0 amide bonds. The van der Waals surface area contributed by atoms with Crippen LogP contribution in [0.4, 0.5) is 0 Å². The lowest BCUT2D eigenvalue weighted by atomic mass is 9.78. The Bertz CT molecular complexity index is 1000. The molecule has 1 atom stereocenters. The molecule has 1 N–H and O–H groups in total. The van der Waals surface area contributed by atoms with E-state index in [1.54, 1.807) is 0 Å². The molecule has 1 fully saturated rings. The number of hydrogen-bond donors (Lipinski definition) is 1. The van der Waals surface area contributed by atoms with Crippen LogP contribution in [0.15, 0.2) is 47.5 Å². The number of sulfonamides is 1. The van der Waals surface area contributed by atoms with Crippen LogP contribution in [0.2, 0.25) is 5.02 Å². The van der Waals surface area contributed by atoms with Crippen molar-refractivity contribution in [2.24, 2.45) is 4.99 Å². The quantitative estimate of drug-likeness (QED) is 0.482. The van der Waals surface area contributed by atoms with Gasteiger partial charge in [-0.25, -0.2) is 13.1 Å². The minimum absolute atomic E-state index is 0.142. The molecule has 2 aromatic rings. The molecule has 0 saturated heterocycles. The van der Waals surface area contributed by atoms with Crippen molar-refractivity contribution < 1.29 is 13.2 Å². The van der Waals surface area contributed by atoms with Gasteiger partial charge in [0.15, 0.2) is 0 Å². The minimum Gasteiger partial charge on any atom is -0.492 e. The van der Waals surface area contributed by atoms with Crippen LogP contribution in [0.1, 0.15) is 48.8 Å². The first-order valence-corrected chi connectivity index (χ1v) is 12.9. The van der Waals surface area contributed by atoms with Gasteiger partial charge in [-0.1, -0.05) is 36.7 Å². The van der Waals surface area contributed by atoms with E-state index in [-0.39, 0.29) is 12.3 Å². The Kier molecular flexibility index (Phi) is 8.52. The molecule has 0 radical (unpaired) electrons. The van der Waals surface area contributed by atoms with Gasteiger partial charge in [0.2, 0.25) is 10.0 Å². The standard InChI is InChI=1S/C24H31ClN2O3S/c1-3-16-31(28,29)27-14-15-30-22-9-4-18(2)20(17-22)12-13-26-24-11-10-23(24)19-5-7-21(25)8-6-19/h4-9,17,23,27H,3,10-16H2,1-2H3/b26-24+. The zero-order chi connectivity index (χ0) is 22.3. The second-order valence-electron chi connectivity index (χ2n) is 7.92. The largest absolute Gasteiger partial charge is 0.492 e. The maximum absolute atomic E-state index is 11.7. The summed E-state index contributed by atoms with van der Waals surface area (Å²) in [6.45, 7) is 5.25. The average Bonchev–Trinajstić information content (AvgIpc) is 2.71. The van der Waals surface area contributed by atoms with Crippen LogP contribution in [-0.2, 0) is 16.4 Å². The van der Waals surface area contributed by atoms with E-state index in [4.69, 9.17) is 21.3 Å². The van der Waals surface area contributed by atoms with Gasteiger partial charge >= 0.3 is 0 Å². The molecule has 5 nitrogen and oxygen atoms in total. The third-order valence-corrected chi connectivity index (χ3v) is 7.39. The Balaban J connectivity index is 1.50. The van der Waals surface area contributed by atoms with Crippen molar-refractivity contribution in [3.8, 4) is 5.75 Å². The molecule has 0 aliphatic heterocycles. The summed E-state index contributed by atoms with van der Waals surface area (Å²) >= 11 is 5.99. The molecule has 0 aromatic heterocycles. The first kappa shape index (κ1) is 23.8. The lowest BCUT2D eigenvalue weighted by Crippen LogP contribution is -2.30. The van der Waals surface area contributed by atoms with Crippen molar-refractivity contribution in [3.63, 3.8) is 0 Å². The van der Waals surface area contributed by atoms with Gasteiger partial charge in [-0.05, 0) is 73.6 Å². The molecule has 0 spiro atoms. The van der Waals surface area contributed by atoms with Crippen LogP contribution in [-0.4, -0.2) is 39.6 Å². The summed E-state index contributed by atoms with van der Waals surface area (Å²) in [5, 5.41) is 0.762. The van der Waals surface area contributed by atoms with Crippen molar-refractivity contribution in [1.29, 1.82) is 0 Å². The maximum Gasteiger partial charge on any atom is 0.211 e. The van der Waals surface area contributed by atoms with Gasteiger partial charge < -0.3 is 4.74 Å². The first-order valence-electron chi connectivity index (χ1n) is 10.9. The first-order chi connectivity index (χ1) is 14.9. The Hall–Kier alpha value is -1.89. The van der Waals surface area contributed by atoms with E-state index in [0.717, 1.165) is 36.6 Å². The highest BCUT2D eigenvalue weighted by molar-refractivity contribution is 7.89. The molecule has 1 saturated carbocycles. The molecule has 1 aliphatic carbocycles. The van der Waals surface area contributed by atoms with E-state index in [1.165, 1.54) is 22.4 Å². The fourth-order valence-corrected chi connectivity index (χ4v) is 4.90. The van der Waals surface area contributed by atoms with E-state index in [2.05, 4.69) is 23.8 Å². The zero-order valence-corrected chi connectivity index (χ0v) is 19.8. The highest BCUT2D eigenvalue weighted by atomic mass is 35.5. The van der Waals surface area contributed by atoms with Gasteiger partial charge in [0.05, 0.1) is 5.75 Å². The van der Waals surface area contributed by atoms with E-state index >= 15 is 0 Å². The van der Waals surface area contributed by atoms with Crippen molar-refractivity contribution in [3.05, 3.63) is 64.2 Å². The van der Waals surface area contributed by atoms with Crippen LogP contribution in [0.3, 0.4) is 0 Å². The number of rotatable bonds is 11. The number of aryl methyl sites for hydroxylation is 1. The summed E-state index contributed by atoms with van der Waals surface area (Å²) in [5.74, 6) is 1.32. The fraction of sp³-hybridized carbons (Fsp3) is 0.458. The smallest absolute Gasteiger partial charge is 0.211 e. The summed E-state index contributed by atoms with van der Waals surface area (Å²) in [6.07, 6.45) is 3.65. The highest BCUT2D eigenvalue weighted by Gasteiger charge is 2.27. The number of benzene rings is 2. The summed E-state index contributed by atoms with van der Waals surface area (Å²) < 4.78 is 31.7. The topological polar surface area (TPSA) is 67.8 Å².